The van der Waals surface area contributed by atoms with Crippen LogP contribution in [0.2, 0.25) is 10.0 Å². The average molecular weight is 616 g/mol. The van der Waals surface area contributed by atoms with Crippen molar-refractivity contribution < 1.29 is 43.3 Å². The molecule has 0 fully saturated rings. The van der Waals surface area contributed by atoms with Gasteiger partial charge in [0.2, 0.25) is 18.1 Å². The first-order valence-electron chi connectivity index (χ1n) is 12.2. The number of esters is 2. The Kier molecular flexibility index (Phi) is 11.0. The molecule has 42 heavy (non-hydrogen) atoms. The second-order valence-electron chi connectivity index (χ2n) is 8.37. The van der Waals surface area contributed by atoms with Crippen LogP contribution in [0.3, 0.4) is 0 Å². The maximum absolute atomic E-state index is 13.1. The largest absolute Gasteiger partial charge is 0.478 e. The zero-order chi connectivity index (χ0) is 30.8. The molecule has 0 saturated carbocycles. The molecular formula is C28H23Cl2N3O9. The van der Waals surface area contributed by atoms with Crippen molar-refractivity contribution in [2.45, 2.75) is 25.6 Å². The van der Waals surface area contributed by atoms with Gasteiger partial charge >= 0.3 is 17.9 Å². The van der Waals surface area contributed by atoms with E-state index in [1.54, 1.807) is 6.92 Å². The lowest BCUT2D eigenvalue weighted by Gasteiger charge is -2.24. The Morgan fingerprint density at radius 3 is 1.71 bits per heavy atom. The minimum absolute atomic E-state index is 0.0503. The van der Waals surface area contributed by atoms with Crippen molar-refractivity contribution in [3.63, 3.8) is 0 Å². The molecular weight excluding hydrogens is 593 g/mol. The number of hydrogen-bond acceptors (Lipinski definition) is 8. The third kappa shape index (κ3) is 8.29. The molecule has 0 saturated heterocycles. The van der Waals surface area contributed by atoms with Gasteiger partial charge in [-0.1, -0.05) is 54.4 Å². The summed E-state index contributed by atoms with van der Waals surface area (Å²) in [6, 6.07) is 16.8. The van der Waals surface area contributed by atoms with Crippen LogP contribution in [-0.4, -0.2) is 52.9 Å². The van der Waals surface area contributed by atoms with E-state index < -0.39 is 41.9 Å². The third-order valence-corrected chi connectivity index (χ3v) is 6.14. The van der Waals surface area contributed by atoms with Gasteiger partial charge in [0.05, 0.1) is 21.2 Å². The van der Waals surface area contributed by atoms with Crippen LogP contribution in [0.1, 0.15) is 44.4 Å². The summed E-state index contributed by atoms with van der Waals surface area (Å²) in [5.74, 6) is -6.71. The summed E-state index contributed by atoms with van der Waals surface area (Å²) in [6.45, 7) is 1.67. The molecule has 3 aromatic rings. The molecule has 0 heterocycles. The number of carbonyl (C=O) groups excluding carboxylic acids is 5. The Morgan fingerprint density at radius 1 is 0.738 bits per heavy atom. The number of carboxylic acid groups (broad SMARTS) is 1. The number of hydrazine groups is 1. The topological polar surface area (TPSA) is 177 Å². The lowest BCUT2D eigenvalue weighted by atomic mass is 10.1. The smallest absolute Gasteiger partial charge is 0.349 e. The number of anilines is 1. The van der Waals surface area contributed by atoms with Gasteiger partial charge in [0.1, 0.15) is 0 Å². The first-order chi connectivity index (χ1) is 20.0. The summed E-state index contributed by atoms with van der Waals surface area (Å²) < 4.78 is 10.2. The number of halogens is 2. The van der Waals surface area contributed by atoms with Gasteiger partial charge < -0.3 is 19.9 Å². The SMILES string of the molecule is CCC(=O)Nc1ccc(C(=O)NNC(=O)[C@H](OC(=O)c2ccccc2Cl)[C@H](OC(=O)c2ccccc2Cl)C(=O)O)cc1. The van der Waals surface area contributed by atoms with Gasteiger partial charge in [-0.15, -0.1) is 0 Å². The zero-order valence-electron chi connectivity index (χ0n) is 21.8. The normalized spacial score (nSPS) is 11.8. The highest BCUT2D eigenvalue weighted by molar-refractivity contribution is 6.34. The van der Waals surface area contributed by atoms with Gasteiger partial charge in [-0.2, -0.15) is 0 Å². The standard InChI is InChI=1S/C28H23Cl2N3O9/c1-2-21(34)31-16-13-11-15(12-14-16)24(35)32-33-25(36)22(41-27(39)17-7-3-5-9-19(17)29)23(26(37)38)42-28(40)18-8-4-6-10-20(18)30/h3-14,22-23H,2H2,1H3,(H,31,34)(H,32,35)(H,33,36)(H,37,38)/t22-,23+/m1/s1. The molecule has 2 atom stereocenters. The van der Waals surface area contributed by atoms with Gasteiger partial charge in [-0.3, -0.25) is 25.2 Å². The van der Waals surface area contributed by atoms with Crippen LogP contribution >= 0.6 is 23.2 Å². The minimum atomic E-state index is -2.38. The molecule has 0 radical (unpaired) electrons. The molecule has 0 aromatic heterocycles. The van der Waals surface area contributed by atoms with Gasteiger partial charge in [-0.25, -0.2) is 14.4 Å². The Hall–Kier alpha value is -4.94. The van der Waals surface area contributed by atoms with Crippen LogP contribution in [0.4, 0.5) is 5.69 Å². The first-order valence-corrected chi connectivity index (χ1v) is 12.9. The zero-order valence-corrected chi connectivity index (χ0v) is 23.3. The predicted molar refractivity (Wildman–Crippen MR) is 150 cm³/mol. The molecule has 14 heteroatoms. The van der Waals surface area contributed by atoms with E-state index in [-0.39, 0.29) is 39.1 Å². The highest BCUT2D eigenvalue weighted by atomic mass is 35.5. The maximum atomic E-state index is 13.1. The van der Waals surface area contributed by atoms with E-state index in [0.717, 1.165) is 0 Å². The second-order valence-corrected chi connectivity index (χ2v) is 9.19. The fourth-order valence-electron chi connectivity index (χ4n) is 3.32. The van der Waals surface area contributed by atoms with Crippen molar-refractivity contribution >= 4 is 64.5 Å². The molecule has 0 aliphatic carbocycles. The molecule has 3 amide bonds. The number of carboxylic acids is 1. The molecule has 3 aromatic carbocycles. The van der Waals surface area contributed by atoms with Crippen molar-refractivity contribution in [1.82, 2.24) is 10.9 Å². The number of benzene rings is 3. The van der Waals surface area contributed by atoms with Crippen molar-refractivity contribution in [3.8, 4) is 0 Å². The highest BCUT2D eigenvalue weighted by Gasteiger charge is 2.41. The van der Waals surface area contributed by atoms with Crippen molar-refractivity contribution in [3.05, 3.63) is 99.5 Å². The number of amides is 3. The fourth-order valence-corrected chi connectivity index (χ4v) is 3.75. The lowest BCUT2D eigenvalue weighted by Crippen LogP contribution is -2.54. The first kappa shape index (κ1) is 31.6. The van der Waals surface area contributed by atoms with Gasteiger partial charge in [0.15, 0.2) is 0 Å². The molecule has 12 nitrogen and oxygen atoms in total. The summed E-state index contributed by atoms with van der Waals surface area (Å²) in [7, 11) is 0. The fraction of sp³-hybridized carbons (Fsp3) is 0.143. The van der Waals surface area contributed by atoms with E-state index in [9.17, 15) is 33.9 Å². The number of carbonyl (C=O) groups is 6. The number of rotatable bonds is 10. The number of nitrogens with one attached hydrogen (secondary N) is 3. The molecule has 0 aliphatic rings. The van der Waals surface area contributed by atoms with E-state index in [0.29, 0.717) is 5.69 Å². The predicted octanol–water partition coefficient (Wildman–Crippen LogP) is 3.64. The Balaban J connectivity index is 1.82. The summed E-state index contributed by atoms with van der Waals surface area (Å²) in [6.07, 6.45) is -4.43. The van der Waals surface area contributed by atoms with E-state index in [1.165, 1.54) is 72.8 Å². The van der Waals surface area contributed by atoms with Crippen LogP contribution in [0.5, 0.6) is 0 Å². The van der Waals surface area contributed by atoms with E-state index in [1.807, 2.05) is 5.43 Å². The van der Waals surface area contributed by atoms with Crippen molar-refractivity contribution in [2.24, 2.45) is 0 Å². The highest BCUT2D eigenvalue weighted by Crippen LogP contribution is 2.21. The van der Waals surface area contributed by atoms with Crippen LogP contribution < -0.4 is 16.2 Å². The monoisotopic (exact) mass is 615 g/mol. The van der Waals surface area contributed by atoms with E-state index >= 15 is 0 Å². The summed E-state index contributed by atoms with van der Waals surface area (Å²) in [5, 5.41) is 12.3. The van der Waals surface area contributed by atoms with Crippen LogP contribution in [0, 0.1) is 0 Å². The maximum Gasteiger partial charge on any atom is 0.349 e. The molecule has 0 bridgehead atoms. The lowest BCUT2D eigenvalue weighted by molar-refractivity contribution is -0.159. The van der Waals surface area contributed by atoms with Crippen molar-refractivity contribution in [1.29, 1.82) is 0 Å². The Bertz CT molecular complexity index is 1510. The van der Waals surface area contributed by atoms with Crippen LogP contribution in [0.15, 0.2) is 72.8 Å². The summed E-state index contributed by atoms with van der Waals surface area (Å²) in [4.78, 5) is 75.0. The molecule has 0 unspecified atom stereocenters. The van der Waals surface area contributed by atoms with Crippen LogP contribution in [-0.2, 0) is 23.9 Å². The van der Waals surface area contributed by atoms with Gasteiger partial charge in [-0.05, 0) is 48.5 Å². The molecule has 3 rings (SSSR count). The molecule has 0 spiro atoms. The Labute approximate surface area is 248 Å². The Morgan fingerprint density at radius 2 is 1.24 bits per heavy atom. The summed E-state index contributed by atoms with van der Waals surface area (Å²) in [5.41, 5.74) is 4.09. The number of aliphatic carboxylic acids is 1. The second kappa shape index (κ2) is 14.6. The van der Waals surface area contributed by atoms with Crippen LogP contribution in [0.25, 0.3) is 0 Å². The third-order valence-electron chi connectivity index (χ3n) is 5.48. The molecule has 218 valence electrons. The van der Waals surface area contributed by atoms with E-state index in [2.05, 4.69) is 10.7 Å². The van der Waals surface area contributed by atoms with Gasteiger partial charge in [0.25, 0.3) is 11.8 Å². The van der Waals surface area contributed by atoms with Crippen molar-refractivity contribution in [2.75, 3.05) is 5.32 Å². The van der Waals surface area contributed by atoms with E-state index in [4.69, 9.17) is 32.7 Å². The van der Waals surface area contributed by atoms with Gasteiger partial charge in [0, 0.05) is 17.7 Å². The quantitative estimate of drug-likeness (QED) is 0.196. The summed E-state index contributed by atoms with van der Waals surface area (Å²) >= 11 is 12.0. The molecule has 4 N–H and O–H groups in total. The number of hydrogen-bond donors (Lipinski definition) is 4. The average Bonchev–Trinajstić information content (AvgIpc) is 2.97. The number of ether oxygens (including phenoxy) is 2. The minimum Gasteiger partial charge on any atom is -0.478 e. The molecule has 0 aliphatic heterocycles.